The van der Waals surface area contributed by atoms with Crippen molar-refractivity contribution in [3.05, 3.63) is 53.4 Å². The van der Waals surface area contributed by atoms with Gasteiger partial charge in [-0.1, -0.05) is 37.6 Å². The minimum Gasteiger partial charge on any atom is -0.383 e. The third-order valence-electron chi connectivity index (χ3n) is 7.69. The lowest BCUT2D eigenvalue weighted by Gasteiger charge is -2.39. The third kappa shape index (κ3) is 5.20. The molecule has 2 saturated heterocycles. The second-order valence-electron chi connectivity index (χ2n) is 10.8. The molecule has 222 valence electrons. The van der Waals surface area contributed by atoms with Crippen molar-refractivity contribution < 1.29 is 37.9 Å². The molecule has 0 unspecified atom stereocenters. The van der Waals surface area contributed by atoms with E-state index in [9.17, 15) is 19.6 Å². The lowest BCUT2D eigenvalue weighted by molar-refractivity contribution is -0.173. The van der Waals surface area contributed by atoms with Gasteiger partial charge >= 0.3 is 7.82 Å². The van der Waals surface area contributed by atoms with Gasteiger partial charge in [0.1, 0.15) is 29.5 Å². The number of benzene rings is 1. The number of nitrogen functional groups attached to an aromatic ring is 1. The molecule has 0 aliphatic carbocycles. The van der Waals surface area contributed by atoms with Crippen molar-refractivity contribution in [2.45, 2.75) is 62.9 Å². The van der Waals surface area contributed by atoms with Gasteiger partial charge in [0.05, 0.1) is 30.7 Å². The fourth-order valence-corrected chi connectivity index (χ4v) is 6.79. The molecule has 3 aromatic rings. The Balaban J connectivity index is 1.46. The van der Waals surface area contributed by atoms with Gasteiger partial charge < -0.3 is 31.0 Å². The number of phosphoric ester groups is 1. The maximum absolute atomic E-state index is 13.7. The van der Waals surface area contributed by atoms with Crippen LogP contribution in [-0.2, 0) is 27.7 Å². The van der Waals surface area contributed by atoms with Gasteiger partial charge in [0.2, 0.25) is 0 Å². The first-order valence-electron chi connectivity index (χ1n) is 13.1. The number of carbonyl (C=O) groups excluding carboxylic acids is 1. The van der Waals surface area contributed by atoms with Crippen LogP contribution >= 0.6 is 19.4 Å². The van der Waals surface area contributed by atoms with E-state index in [2.05, 4.69) is 9.97 Å². The van der Waals surface area contributed by atoms with Crippen LogP contribution in [0.1, 0.15) is 45.1 Å². The molecule has 41 heavy (non-hydrogen) atoms. The summed E-state index contributed by atoms with van der Waals surface area (Å²) in [6.45, 7) is 4.07. The van der Waals surface area contributed by atoms with Crippen molar-refractivity contribution in [3.8, 4) is 0 Å². The fraction of sp³-hybridized carbons (Fsp3) is 0.500. The van der Waals surface area contributed by atoms with Crippen LogP contribution in [0.4, 0.5) is 5.82 Å². The Kier molecular flexibility index (Phi) is 8.05. The number of rotatable bonds is 8. The molecule has 1 aromatic carbocycles. The van der Waals surface area contributed by atoms with E-state index in [1.54, 1.807) is 44.2 Å². The number of ether oxygens (including phenoxy) is 1. The zero-order chi connectivity index (χ0) is 29.7. The number of nitrogens with zero attached hydrogens (tertiary/aromatic N) is 3. The highest BCUT2D eigenvalue weighted by Gasteiger charge is 2.69. The number of ketones is 1. The van der Waals surface area contributed by atoms with E-state index in [0.717, 1.165) is 0 Å². The van der Waals surface area contributed by atoms with E-state index in [0.29, 0.717) is 28.0 Å². The van der Waals surface area contributed by atoms with E-state index in [1.165, 1.54) is 24.0 Å². The van der Waals surface area contributed by atoms with Crippen LogP contribution in [0.25, 0.3) is 11.0 Å². The summed E-state index contributed by atoms with van der Waals surface area (Å²) in [5.74, 6) is -1.07. The van der Waals surface area contributed by atoms with Crippen LogP contribution in [0, 0.1) is 5.92 Å². The van der Waals surface area contributed by atoms with Gasteiger partial charge in [-0.2, -0.15) is 0 Å². The zero-order valence-electron chi connectivity index (χ0n) is 22.7. The number of phosphoric acid groups is 1. The second-order valence-corrected chi connectivity index (χ2v) is 12.8. The predicted molar refractivity (Wildman–Crippen MR) is 149 cm³/mol. The smallest absolute Gasteiger partial charge is 0.383 e. The molecule has 0 radical (unpaired) electrons. The maximum atomic E-state index is 13.7. The first kappa shape index (κ1) is 30.0. The Labute approximate surface area is 241 Å². The summed E-state index contributed by atoms with van der Waals surface area (Å²) in [5.41, 5.74) is 8.25. The highest BCUT2D eigenvalue weighted by molar-refractivity contribution is 7.48. The van der Waals surface area contributed by atoms with Crippen molar-refractivity contribution in [3.63, 3.8) is 0 Å². The molecule has 0 bridgehead atoms. The van der Waals surface area contributed by atoms with Gasteiger partial charge in [0.15, 0.2) is 17.6 Å². The number of fused-ring (bicyclic) bond motifs is 1. The number of halogens is 1. The number of Topliss-reactive ketones (excluding diaryl/α,β-unsaturated/α-hetero) is 1. The van der Waals surface area contributed by atoms with E-state index < -0.39 is 55.9 Å². The Morgan fingerprint density at radius 3 is 2.78 bits per heavy atom. The molecule has 2 aromatic heterocycles. The summed E-state index contributed by atoms with van der Waals surface area (Å²) in [4.78, 5) is 21.9. The molecule has 2 fully saturated rings. The van der Waals surface area contributed by atoms with Crippen LogP contribution in [-0.4, -0.2) is 67.1 Å². The molecule has 4 heterocycles. The van der Waals surface area contributed by atoms with Crippen molar-refractivity contribution >= 4 is 42.1 Å². The molecule has 0 amide bonds. The van der Waals surface area contributed by atoms with Gasteiger partial charge in [-0.3, -0.25) is 18.4 Å². The second kappa shape index (κ2) is 11.0. The summed E-state index contributed by atoms with van der Waals surface area (Å²) in [7, 11) is -4.20. The number of aliphatic hydroxyl groups is 2. The van der Waals surface area contributed by atoms with Crippen molar-refractivity contribution in [1.29, 1.82) is 0 Å². The largest absolute Gasteiger partial charge is 0.475 e. The van der Waals surface area contributed by atoms with E-state index in [-0.39, 0.29) is 18.3 Å². The molecule has 0 spiro atoms. The predicted octanol–water partition coefficient (Wildman–Crippen LogP) is 2.90. The zero-order valence-corrected chi connectivity index (χ0v) is 24.4. The quantitative estimate of drug-likeness (QED) is 0.273. The van der Waals surface area contributed by atoms with Crippen LogP contribution in [0.15, 0.2) is 42.9 Å². The average molecular weight is 610 g/mol. The number of hydrogen-bond donors (Lipinski definition) is 4. The summed E-state index contributed by atoms with van der Waals surface area (Å²) >= 11 is 6.10. The molecular weight excluding hydrogens is 577 g/mol. The molecule has 5 rings (SSSR count). The topological polar surface area (TPSA) is 194 Å². The van der Waals surface area contributed by atoms with E-state index >= 15 is 0 Å². The van der Waals surface area contributed by atoms with Gasteiger partial charge in [-0.15, -0.1) is 0 Å². The summed E-state index contributed by atoms with van der Waals surface area (Å²) < 4.78 is 37.8. The Morgan fingerprint density at radius 2 is 2.07 bits per heavy atom. The van der Waals surface area contributed by atoms with Gasteiger partial charge in [0.25, 0.3) is 0 Å². The van der Waals surface area contributed by atoms with Gasteiger partial charge in [0, 0.05) is 17.6 Å². The number of nitrogens with two attached hydrogens (primary N) is 2. The molecule has 2 aliphatic rings. The third-order valence-corrected chi connectivity index (χ3v) is 9.40. The standard InChI is InChI=1S/C26H33ClN5O8P/c1-14(2)20(28)21(33)26(35)19(12-38-41(36)37-10-8-18(40-41)15-5-4-6-16(27)11-15)39-24(25(26,3)34)32-9-7-17-22(29)30-13-31-23(17)32/h4-7,9,11,13-14,18-20,24,34-35H,8,10,12,28H2,1-3H3,(H2,29,30,31)/t18-,19+,20-,24+,25-,26-,41+/m0/s1. The van der Waals surface area contributed by atoms with Crippen molar-refractivity contribution in [1.82, 2.24) is 14.5 Å². The monoisotopic (exact) mass is 609 g/mol. The van der Waals surface area contributed by atoms with Crippen LogP contribution < -0.4 is 11.5 Å². The highest BCUT2D eigenvalue weighted by Crippen LogP contribution is 2.58. The van der Waals surface area contributed by atoms with Gasteiger partial charge in [-0.25, -0.2) is 14.5 Å². The van der Waals surface area contributed by atoms with Gasteiger partial charge in [-0.05, 0) is 36.6 Å². The Morgan fingerprint density at radius 1 is 1.32 bits per heavy atom. The average Bonchev–Trinajstić information content (AvgIpc) is 3.44. The summed E-state index contributed by atoms with van der Waals surface area (Å²) in [6, 6.07) is 7.36. The minimum absolute atomic E-state index is 0.0538. The molecule has 7 atom stereocenters. The highest BCUT2D eigenvalue weighted by atomic mass is 35.5. The normalized spacial score (nSPS) is 32.9. The minimum atomic E-state index is -4.20. The maximum Gasteiger partial charge on any atom is 0.475 e. The Hall–Kier alpha value is -2.45. The summed E-state index contributed by atoms with van der Waals surface area (Å²) in [6.07, 6.45) is -0.368. The molecule has 0 saturated carbocycles. The molecule has 2 aliphatic heterocycles. The van der Waals surface area contributed by atoms with E-state index in [4.69, 9.17) is 41.4 Å². The summed E-state index contributed by atoms with van der Waals surface area (Å²) in [5, 5.41) is 24.8. The van der Waals surface area contributed by atoms with Crippen LogP contribution in [0.5, 0.6) is 0 Å². The lowest BCUT2D eigenvalue weighted by atomic mass is 9.74. The first-order valence-corrected chi connectivity index (χ1v) is 14.9. The SMILES string of the molecule is CC(C)[C@H](N)C(=O)[C@@]1(O)[C@@H](CO[P@@]2(=O)OCC[C@@H](c3cccc(Cl)c3)O2)O[C@@H](n2ccc3c(N)ncnc32)[C@]1(C)O. The molecular formula is C26H33ClN5O8P. The Bertz CT molecular complexity index is 1500. The molecule has 6 N–H and O–H groups in total. The lowest BCUT2D eigenvalue weighted by Crippen LogP contribution is -2.66. The van der Waals surface area contributed by atoms with Crippen molar-refractivity contribution in [2.75, 3.05) is 18.9 Å². The van der Waals surface area contributed by atoms with Crippen molar-refractivity contribution in [2.24, 2.45) is 11.7 Å². The number of carbonyl (C=O) groups is 1. The van der Waals surface area contributed by atoms with E-state index in [1.807, 2.05) is 0 Å². The molecule has 13 nitrogen and oxygen atoms in total. The molecule has 15 heteroatoms. The van der Waals surface area contributed by atoms with Crippen LogP contribution in [0.2, 0.25) is 5.02 Å². The van der Waals surface area contributed by atoms with Crippen LogP contribution in [0.3, 0.4) is 0 Å². The fourth-order valence-electron chi connectivity index (χ4n) is 5.21. The number of aromatic nitrogens is 3. The number of anilines is 1. The number of hydrogen-bond acceptors (Lipinski definition) is 12. The first-order chi connectivity index (χ1) is 19.3.